The molecule has 0 aliphatic rings. The number of benzene rings is 6. The highest BCUT2D eigenvalue weighted by Crippen LogP contribution is 2.43. The summed E-state index contributed by atoms with van der Waals surface area (Å²) in [6.45, 7) is 5.25. The molecule has 0 saturated carbocycles. The molecule has 0 atom stereocenters. The molecule has 0 aliphatic carbocycles. The summed E-state index contributed by atoms with van der Waals surface area (Å²) in [6.07, 6.45) is 10.7. The molecule has 49 heavy (non-hydrogen) atoms. The molecule has 9 rings (SSSR count). The smallest absolute Gasteiger partial charge is 0.115 e. The lowest BCUT2D eigenvalue weighted by Gasteiger charge is -2.17. The van der Waals surface area contributed by atoms with Crippen molar-refractivity contribution >= 4 is 32.3 Å². The molecule has 0 aliphatic heterocycles. The maximum absolute atomic E-state index is 4.68. The standard InChI is InChI=1S/C42H26N4.C3H6/c1-3-19-45-39(5-1)32-21-31(22-33(23-32)40-6-2-4-20-46-40)36-16-14-30-12-11-29-13-15-35(37-17-18-38(36)42(30)41(29)37)28-9-7-27(8-10-28)34-24-43-26-44-25-34;1-3-2/h1-26H;3H,1H2,2H3. The van der Waals surface area contributed by atoms with Crippen molar-refractivity contribution in [1.29, 1.82) is 0 Å². The summed E-state index contributed by atoms with van der Waals surface area (Å²) in [4.78, 5) is 17.7. The molecule has 3 heterocycles. The summed E-state index contributed by atoms with van der Waals surface area (Å²) in [5.74, 6) is 0. The van der Waals surface area contributed by atoms with Gasteiger partial charge in [0.1, 0.15) is 6.33 Å². The normalized spacial score (nSPS) is 11.0. The van der Waals surface area contributed by atoms with Crippen LogP contribution in [-0.2, 0) is 0 Å². The fourth-order valence-corrected chi connectivity index (χ4v) is 6.74. The van der Waals surface area contributed by atoms with Crippen LogP contribution in [-0.4, -0.2) is 19.9 Å². The number of pyridine rings is 2. The summed E-state index contributed by atoms with van der Waals surface area (Å²) in [5.41, 5.74) is 10.9. The minimum absolute atomic E-state index is 0.940. The van der Waals surface area contributed by atoms with E-state index < -0.39 is 0 Å². The molecule has 4 heteroatoms. The first-order chi connectivity index (χ1) is 24.2. The van der Waals surface area contributed by atoms with Gasteiger partial charge in [0, 0.05) is 41.5 Å². The van der Waals surface area contributed by atoms with Gasteiger partial charge in [0.15, 0.2) is 0 Å². The molecule has 0 spiro atoms. The van der Waals surface area contributed by atoms with E-state index in [2.05, 4.69) is 130 Å². The first-order valence-electron chi connectivity index (χ1n) is 16.3. The zero-order chi connectivity index (χ0) is 33.2. The number of rotatable bonds is 5. The van der Waals surface area contributed by atoms with Crippen LogP contribution in [0, 0.1) is 0 Å². The van der Waals surface area contributed by atoms with Crippen LogP contribution in [0.2, 0.25) is 0 Å². The SMILES string of the molecule is C=CC.c1ccc(-c2cc(-c3ccccn3)cc(-c3ccc4ccc5ccc(-c6ccc(-c7cncnc7)cc6)c6ccc3c4c56)c2)nc1. The molecule has 9 aromatic rings. The second-order valence-corrected chi connectivity index (χ2v) is 12.0. The van der Waals surface area contributed by atoms with Crippen LogP contribution in [0.25, 0.3) is 88.2 Å². The van der Waals surface area contributed by atoms with Gasteiger partial charge in [-0.1, -0.05) is 91.0 Å². The predicted molar refractivity (Wildman–Crippen MR) is 204 cm³/mol. The number of nitrogens with zero attached hydrogens (tertiary/aromatic N) is 4. The number of allylic oxidation sites excluding steroid dienone is 1. The number of aromatic nitrogens is 4. The van der Waals surface area contributed by atoms with Crippen LogP contribution >= 0.6 is 0 Å². The average Bonchev–Trinajstić information content (AvgIpc) is 3.18. The van der Waals surface area contributed by atoms with Crippen molar-refractivity contribution in [2.24, 2.45) is 0 Å². The molecule has 232 valence electrons. The fourth-order valence-electron chi connectivity index (χ4n) is 6.74. The molecule has 0 unspecified atom stereocenters. The van der Waals surface area contributed by atoms with Crippen LogP contribution < -0.4 is 0 Å². The van der Waals surface area contributed by atoms with Crippen molar-refractivity contribution in [3.05, 3.63) is 171 Å². The highest BCUT2D eigenvalue weighted by molar-refractivity contribution is 6.27. The Hall–Kier alpha value is -6.52. The van der Waals surface area contributed by atoms with Crippen molar-refractivity contribution in [3.8, 4) is 55.9 Å². The Morgan fingerprint density at radius 3 is 1.45 bits per heavy atom. The van der Waals surface area contributed by atoms with Crippen LogP contribution in [0.5, 0.6) is 0 Å². The first-order valence-corrected chi connectivity index (χ1v) is 16.3. The van der Waals surface area contributed by atoms with E-state index in [0.29, 0.717) is 0 Å². The van der Waals surface area contributed by atoms with Crippen LogP contribution in [0.3, 0.4) is 0 Å². The molecule has 0 saturated heterocycles. The Morgan fingerprint density at radius 2 is 0.939 bits per heavy atom. The summed E-state index contributed by atoms with van der Waals surface area (Å²) >= 11 is 0. The number of hydrogen-bond acceptors (Lipinski definition) is 4. The van der Waals surface area contributed by atoms with E-state index in [1.807, 2.05) is 56.0 Å². The van der Waals surface area contributed by atoms with Gasteiger partial charge in [-0.2, -0.15) is 0 Å². The van der Waals surface area contributed by atoms with E-state index in [9.17, 15) is 0 Å². The average molecular weight is 629 g/mol. The van der Waals surface area contributed by atoms with E-state index in [4.69, 9.17) is 0 Å². The summed E-state index contributed by atoms with van der Waals surface area (Å²) < 4.78 is 0. The molecule has 6 aromatic carbocycles. The Labute approximate surface area is 285 Å². The van der Waals surface area contributed by atoms with Crippen molar-refractivity contribution < 1.29 is 0 Å². The van der Waals surface area contributed by atoms with E-state index in [1.54, 1.807) is 12.4 Å². The van der Waals surface area contributed by atoms with Gasteiger partial charge in [-0.25, -0.2) is 9.97 Å². The van der Waals surface area contributed by atoms with E-state index >= 15 is 0 Å². The number of hydrogen-bond donors (Lipinski definition) is 0. The van der Waals surface area contributed by atoms with Crippen molar-refractivity contribution in [1.82, 2.24) is 19.9 Å². The molecule has 0 fully saturated rings. The molecule has 0 N–H and O–H groups in total. The molecular weight excluding hydrogens is 597 g/mol. The second kappa shape index (κ2) is 12.9. The maximum atomic E-state index is 4.68. The lowest BCUT2D eigenvalue weighted by Crippen LogP contribution is -1.92. The predicted octanol–water partition coefficient (Wildman–Crippen LogP) is 11.7. The summed E-state index contributed by atoms with van der Waals surface area (Å²) in [6, 6.07) is 45.6. The quantitative estimate of drug-likeness (QED) is 0.141. The van der Waals surface area contributed by atoms with Gasteiger partial charge in [-0.05, 0) is 110 Å². The minimum atomic E-state index is 0.940. The van der Waals surface area contributed by atoms with Crippen molar-refractivity contribution in [2.75, 3.05) is 0 Å². The zero-order valence-electron chi connectivity index (χ0n) is 27.1. The summed E-state index contributed by atoms with van der Waals surface area (Å²) in [7, 11) is 0. The van der Waals surface area contributed by atoms with Crippen LogP contribution in [0.1, 0.15) is 6.92 Å². The topological polar surface area (TPSA) is 51.6 Å². The van der Waals surface area contributed by atoms with Gasteiger partial charge in [-0.15, -0.1) is 6.58 Å². The van der Waals surface area contributed by atoms with E-state index in [-0.39, 0.29) is 0 Å². The largest absolute Gasteiger partial charge is 0.256 e. The highest BCUT2D eigenvalue weighted by Gasteiger charge is 2.16. The third-order valence-electron chi connectivity index (χ3n) is 8.92. The zero-order valence-corrected chi connectivity index (χ0v) is 27.1. The van der Waals surface area contributed by atoms with Crippen LogP contribution in [0.15, 0.2) is 171 Å². The van der Waals surface area contributed by atoms with Gasteiger partial charge in [0.25, 0.3) is 0 Å². The molecule has 0 radical (unpaired) electrons. The Kier molecular flexibility index (Phi) is 7.88. The van der Waals surface area contributed by atoms with Crippen molar-refractivity contribution in [2.45, 2.75) is 6.92 Å². The van der Waals surface area contributed by atoms with Gasteiger partial charge in [0.2, 0.25) is 0 Å². The second-order valence-electron chi connectivity index (χ2n) is 12.0. The molecular formula is C45H32N4. The van der Waals surface area contributed by atoms with Gasteiger partial charge < -0.3 is 0 Å². The minimum Gasteiger partial charge on any atom is -0.256 e. The maximum Gasteiger partial charge on any atom is 0.115 e. The Balaban J connectivity index is 0.00000112. The summed E-state index contributed by atoms with van der Waals surface area (Å²) in [5, 5.41) is 7.54. The fraction of sp³-hybridized carbons (Fsp3) is 0.0222. The van der Waals surface area contributed by atoms with Crippen LogP contribution in [0.4, 0.5) is 0 Å². The van der Waals surface area contributed by atoms with Gasteiger partial charge in [-0.3, -0.25) is 9.97 Å². The lowest BCUT2D eigenvalue weighted by molar-refractivity contribution is 1.17. The van der Waals surface area contributed by atoms with E-state index in [0.717, 1.165) is 39.2 Å². The van der Waals surface area contributed by atoms with Crippen molar-refractivity contribution in [3.63, 3.8) is 0 Å². The first kappa shape index (κ1) is 29.9. The highest BCUT2D eigenvalue weighted by atomic mass is 14.8. The van der Waals surface area contributed by atoms with E-state index in [1.165, 1.54) is 49.0 Å². The monoisotopic (exact) mass is 628 g/mol. The van der Waals surface area contributed by atoms with Gasteiger partial charge in [0.05, 0.1) is 11.4 Å². The molecule has 0 amide bonds. The molecule has 4 nitrogen and oxygen atoms in total. The third-order valence-corrected chi connectivity index (χ3v) is 8.92. The third kappa shape index (κ3) is 5.60. The Morgan fingerprint density at radius 1 is 0.469 bits per heavy atom. The van der Waals surface area contributed by atoms with Gasteiger partial charge >= 0.3 is 0 Å². The molecule has 0 bridgehead atoms. The lowest BCUT2D eigenvalue weighted by atomic mass is 9.86. The molecule has 3 aromatic heterocycles. The Bertz CT molecular complexity index is 2490.